The van der Waals surface area contributed by atoms with Gasteiger partial charge in [-0.25, -0.2) is 4.98 Å². The number of aromatic nitrogens is 2. The molecule has 30 heavy (non-hydrogen) atoms. The van der Waals surface area contributed by atoms with Crippen molar-refractivity contribution in [3.63, 3.8) is 0 Å². The van der Waals surface area contributed by atoms with E-state index in [1.165, 1.54) is 0 Å². The van der Waals surface area contributed by atoms with E-state index in [0.29, 0.717) is 17.4 Å². The number of aryl methyl sites for hydroxylation is 1. The Morgan fingerprint density at radius 1 is 1.17 bits per heavy atom. The van der Waals surface area contributed by atoms with Crippen LogP contribution in [0.2, 0.25) is 0 Å². The number of carbonyl (C=O) groups is 1. The highest BCUT2D eigenvalue weighted by Crippen LogP contribution is 2.31. The van der Waals surface area contributed by atoms with Crippen molar-refractivity contribution < 1.29 is 4.79 Å². The first kappa shape index (κ1) is 18.9. The number of pyridine rings is 1. The highest BCUT2D eigenvalue weighted by Gasteiger charge is 2.27. The van der Waals surface area contributed by atoms with Crippen LogP contribution < -0.4 is 4.90 Å². The number of nitrogens with zero attached hydrogens (tertiary/aromatic N) is 5. The molecular weight excluding hydrogens is 374 g/mol. The number of anilines is 1. The summed E-state index contributed by atoms with van der Waals surface area (Å²) in [4.78, 5) is 21.4. The number of hydrogen-bond donors (Lipinski definition) is 0. The van der Waals surface area contributed by atoms with Crippen LogP contribution in [0.5, 0.6) is 0 Å². The molecule has 0 N–H and O–H groups in total. The van der Waals surface area contributed by atoms with Crippen molar-refractivity contribution in [2.75, 3.05) is 31.1 Å². The Hall–Kier alpha value is -3.07. The van der Waals surface area contributed by atoms with Crippen molar-refractivity contribution in [2.24, 2.45) is 5.92 Å². The average Bonchev–Trinajstić information content (AvgIpc) is 3.15. The minimum Gasteiger partial charge on any atom is -0.358 e. The lowest BCUT2D eigenvalue weighted by molar-refractivity contribution is -0.134. The molecule has 2 aromatic heterocycles. The second-order valence-corrected chi connectivity index (χ2v) is 8.66. The van der Waals surface area contributed by atoms with Gasteiger partial charge in [-0.3, -0.25) is 9.20 Å². The lowest BCUT2D eigenvalue weighted by atomic mass is 9.95. The van der Waals surface area contributed by atoms with Gasteiger partial charge >= 0.3 is 0 Å². The summed E-state index contributed by atoms with van der Waals surface area (Å²) in [7, 11) is 0. The molecule has 2 aliphatic heterocycles. The maximum atomic E-state index is 12.2. The third-order valence-corrected chi connectivity index (χ3v) is 6.70. The standard InChI is InChI=1S/C24H27N5O/c1-17-14-22(29-21-7-3-2-6-20(21)26-24(29)19(17)15-25)27-12-9-18(10-13-27)16-28-11-5-4-8-23(28)30/h2-3,6-7,14,18H,4-5,8-13,16H2,1H3. The largest absolute Gasteiger partial charge is 0.358 e. The number of piperidine rings is 2. The molecule has 0 atom stereocenters. The van der Waals surface area contributed by atoms with Gasteiger partial charge in [-0.15, -0.1) is 0 Å². The van der Waals surface area contributed by atoms with Crippen molar-refractivity contribution in [3.05, 3.63) is 41.5 Å². The normalized spacial score (nSPS) is 18.3. The first-order valence-electron chi connectivity index (χ1n) is 11.0. The maximum Gasteiger partial charge on any atom is 0.222 e. The Morgan fingerprint density at radius 2 is 1.97 bits per heavy atom. The van der Waals surface area contributed by atoms with Crippen LogP contribution in [0.25, 0.3) is 16.7 Å². The van der Waals surface area contributed by atoms with E-state index in [4.69, 9.17) is 4.98 Å². The Labute approximate surface area is 176 Å². The molecule has 0 aliphatic carbocycles. The predicted molar refractivity (Wildman–Crippen MR) is 118 cm³/mol. The van der Waals surface area contributed by atoms with Crippen LogP contribution in [-0.4, -0.2) is 46.4 Å². The van der Waals surface area contributed by atoms with Crippen LogP contribution >= 0.6 is 0 Å². The van der Waals surface area contributed by atoms with Crippen molar-refractivity contribution in [3.8, 4) is 6.07 Å². The van der Waals surface area contributed by atoms with Gasteiger partial charge in [-0.2, -0.15) is 5.26 Å². The van der Waals surface area contributed by atoms with Crippen molar-refractivity contribution in [2.45, 2.75) is 39.0 Å². The molecule has 0 saturated carbocycles. The first-order chi connectivity index (χ1) is 14.7. The van der Waals surface area contributed by atoms with Gasteiger partial charge < -0.3 is 9.80 Å². The third-order valence-electron chi connectivity index (χ3n) is 6.70. The number of fused-ring (bicyclic) bond motifs is 3. The van der Waals surface area contributed by atoms with Gasteiger partial charge in [-0.1, -0.05) is 12.1 Å². The molecule has 5 rings (SSSR count). The van der Waals surface area contributed by atoms with Crippen molar-refractivity contribution >= 4 is 28.4 Å². The Bertz CT molecular complexity index is 1150. The zero-order valence-electron chi connectivity index (χ0n) is 17.5. The molecular formula is C24H27N5O. The van der Waals surface area contributed by atoms with Gasteiger partial charge in [0, 0.05) is 32.6 Å². The summed E-state index contributed by atoms with van der Waals surface area (Å²) in [6.45, 7) is 5.74. The summed E-state index contributed by atoms with van der Waals surface area (Å²) >= 11 is 0. The molecule has 154 valence electrons. The first-order valence-corrected chi connectivity index (χ1v) is 11.0. The number of likely N-dealkylation sites (tertiary alicyclic amines) is 1. The number of amides is 1. The van der Waals surface area contributed by atoms with Crippen LogP contribution in [0, 0.1) is 24.2 Å². The second kappa shape index (κ2) is 7.64. The van der Waals surface area contributed by atoms with E-state index in [1.54, 1.807) is 0 Å². The molecule has 6 nitrogen and oxygen atoms in total. The van der Waals surface area contributed by atoms with E-state index in [2.05, 4.69) is 32.4 Å². The lowest BCUT2D eigenvalue weighted by Gasteiger charge is -2.37. The Kier molecular flexibility index (Phi) is 4.82. The molecule has 0 spiro atoms. The van der Waals surface area contributed by atoms with E-state index in [9.17, 15) is 10.1 Å². The molecule has 4 heterocycles. The summed E-state index contributed by atoms with van der Waals surface area (Å²) in [5, 5.41) is 9.71. The van der Waals surface area contributed by atoms with Crippen LogP contribution in [0.15, 0.2) is 30.3 Å². The zero-order valence-corrected chi connectivity index (χ0v) is 17.5. The molecule has 1 aromatic carbocycles. The molecule has 2 aliphatic rings. The minimum atomic E-state index is 0.331. The lowest BCUT2D eigenvalue weighted by Crippen LogP contribution is -2.43. The molecule has 0 unspecified atom stereocenters. The number of rotatable bonds is 3. The summed E-state index contributed by atoms with van der Waals surface area (Å²) in [5.74, 6) is 2.01. The van der Waals surface area contributed by atoms with Gasteiger partial charge in [0.1, 0.15) is 11.9 Å². The monoisotopic (exact) mass is 401 g/mol. The molecule has 2 fully saturated rings. The van der Waals surface area contributed by atoms with Gasteiger partial charge in [0.05, 0.1) is 16.6 Å². The Morgan fingerprint density at radius 3 is 2.73 bits per heavy atom. The Balaban J connectivity index is 1.43. The number of nitriles is 1. The van der Waals surface area contributed by atoms with Crippen molar-refractivity contribution in [1.29, 1.82) is 5.26 Å². The van der Waals surface area contributed by atoms with Crippen LogP contribution in [0.4, 0.5) is 5.82 Å². The fraction of sp³-hybridized carbons (Fsp3) is 0.458. The van der Waals surface area contributed by atoms with E-state index in [1.807, 2.05) is 25.1 Å². The second-order valence-electron chi connectivity index (χ2n) is 8.66. The topological polar surface area (TPSA) is 64.6 Å². The number of benzene rings is 1. The van der Waals surface area contributed by atoms with Crippen LogP contribution in [0.1, 0.15) is 43.2 Å². The minimum absolute atomic E-state index is 0.331. The quantitative estimate of drug-likeness (QED) is 0.668. The SMILES string of the molecule is Cc1cc(N2CCC(CN3CCCCC3=O)CC2)n2c(nc3ccccc32)c1C#N. The third kappa shape index (κ3) is 3.19. The number of imidazole rings is 1. The van der Waals surface area contributed by atoms with E-state index >= 15 is 0 Å². The summed E-state index contributed by atoms with van der Waals surface area (Å²) < 4.78 is 2.15. The van der Waals surface area contributed by atoms with Crippen molar-refractivity contribution in [1.82, 2.24) is 14.3 Å². The number of para-hydroxylation sites is 2. The predicted octanol–water partition coefficient (Wildman–Crippen LogP) is 3.90. The summed E-state index contributed by atoms with van der Waals surface area (Å²) in [6, 6.07) is 12.6. The summed E-state index contributed by atoms with van der Waals surface area (Å²) in [5.41, 5.74) is 4.32. The molecule has 6 heteroatoms. The van der Waals surface area contributed by atoms with E-state index < -0.39 is 0 Å². The molecule has 1 amide bonds. The van der Waals surface area contributed by atoms with Gasteiger partial charge in [-0.05, 0) is 62.3 Å². The highest BCUT2D eigenvalue weighted by atomic mass is 16.2. The molecule has 3 aromatic rings. The van der Waals surface area contributed by atoms with Gasteiger partial charge in [0.15, 0.2) is 5.65 Å². The highest BCUT2D eigenvalue weighted by molar-refractivity contribution is 5.85. The molecule has 0 bridgehead atoms. The molecule has 2 saturated heterocycles. The fourth-order valence-electron chi connectivity index (χ4n) is 5.01. The van der Waals surface area contributed by atoms with E-state index in [0.717, 1.165) is 86.3 Å². The summed E-state index contributed by atoms with van der Waals surface area (Å²) in [6.07, 6.45) is 5.06. The van der Waals surface area contributed by atoms with Gasteiger partial charge in [0.25, 0.3) is 0 Å². The average molecular weight is 402 g/mol. The maximum absolute atomic E-state index is 12.2. The fourth-order valence-corrected chi connectivity index (χ4v) is 5.01. The number of hydrogen-bond acceptors (Lipinski definition) is 4. The van der Waals surface area contributed by atoms with Crippen LogP contribution in [0.3, 0.4) is 0 Å². The smallest absolute Gasteiger partial charge is 0.222 e. The van der Waals surface area contributed by atoms with Crippen LogP contribution in [-0.2, 0) is 4.79 Å². The van der Waals surface area contributed by atoms with Gasteiger partial charge in [0.2, 0.25) is 5.91 Å². The number of carbonyl (C=O) groups excluding carboxylic acids is 1. The molecule has 0 radical (unpaired) electrons. The van der Waals surface area contributed by atoms with E-state index in [-0.39, 0.29) is 0 Å². The zero-order chi connectivity index (χ0) is 20.7.